The summed E-state index contributed by atoms with van der Waals surface area (Å²) in [6, 6.07) is 26.9. The van der Waals surface area contributed by atoms with E-state index in [-0.39, 0.29) is 0 Å². The van der Waals surface area contributed by atoms with Crippen LogP contribution in [0.15, 0.2) is 78.9 Å². The lowest BCUT2D eigenvalue weighted by Gasteiger charge is -2.42. The second kappa shape index (κ2) is 7.50. The summed E-state index contributed by atoms with van der Waals surface area (Å²) < 4.78 is 4.67. The zero-order valence-electron chi connectivity index (χ0n) is 15.2. The van der Waals surface area contributed by atoms with Crippen LogP contribution < -0.4 is 9.64 Å². The van der Waals surface area contributed by atoms with E-state index in [0.29, 0.717) is 0 Å². The van der Waals surface area contributed by atoms with Gasteiger partial charge in [-0.3, -0.25) is 0 Å². The predicted molar refractivity (Wildman–Crippen MR) is 114 cm³/mol. The molecule has 0 saturated heterocycles. The van der Waals surface area contributed by atoms with Crippen LogP contribution in [-0.4, -0.2) is 13.7 Å². The average Bonchev–Trinajstić information content (AvgIpc) is 2.74. The Balaban J connectivity index is 1.80. The summed E-state index contributed by atoms with van der Waals surface area (Å²) in [7, 11) is 1.67. The highest BCUT2D eigenvalue weighted by molar-refractivity contribution is 9.09. The molecule has 0 saturated carbocycles. The van der Waals surface area contributed by atoms with Gasteiger partial charge in [0.15, 0.2) is 4.45 Å². The standard InChI is InChI=1S/C24H20BrNO/c1-27-22-13-11-19(12-14-22)15-17-24(25)23-10-6-5-7-20(23)16-18-26(24)21-8-3-2-4-9-21/h2-14H,16,18H2,1H3. The number of hydrogen-bond acceptors (Lipinski definition) is 2. The Morgan fingerprint density at radius 2 is 1.63 bits per heavy atom. The first-order valence-corrected chi connectivity index (χ1v) is 9.77. The van der Waals surface area contributed by atoms with Gasteiger partial charge in [-0.25, -0.2) is 0 Å². The van der Waals surface area contributed by atoms with Gasteiger partial charge >= 0.3 is 0 Å². The summed E-state index contributed by atoms with van der Waals surface area (Å²) in [6.07, 6.45) is 1.00. The maximum atomic E-state index is 5.24. The Labute approximate surface area is 168 Å². The normalized spacial score (nSPS) is 18.2. The molecule has 1 unspecified atom stereocenters. The molecule has 1 atom stereocenters. The quantitative estimate of drug-likeness (QED) is 0.316. The van der Waals surface area contributed by atoms with E-state index in [1.165, 1.54) is 11.1 Å². The van der Waals surface area contributed by atoms with Gasteiger partial charge in [0.05, 0.1) is 7.11 Å². The Morgan fingerprint density at radius 3 is 2.37 bits per heavy atom. The molecule has 0 N–H and O–H groups in total. The largest absolute Gasteiger partial charge is 0.497 e. The van der Waals surface area contributed by atoms with E-state index < -0.39 is 4.45 Å². The molecule has 0 fully saturated rings. The second-order valence-corrected chi connectivity index (χ2v) is 7.64. The number of halogens is 1. The van der Waals surface area contributed by atoms with Crippen LogP contribution in [-0.2, 0) is 10.9 Å². The van der Waals surface area contributed by atoms with Crippen molar-refractivity contribution in [1.82, 2.24) is 0 Å². The van der Waals surface area contributed by atoms with Gasteiger partial charge in [0, 0.05) is 23.4 Å². The monoisotopic (exact) mass is 417 g/mol. The molecular formula is C24H20BrNO. The van der Waals surface area contributed by atoms with Crippen molar-refractivity contribution < 1.29 is 4.74 Å². The molecule has 1 heterocycles. The minimum absolute atomic E-state index is 0.566. The van der Waals surface area contributed by atoms with Crippen LogP contribution in [0, 0.1) is 11.8 Å². The number of alkyl halides is 1. The van der Waals surface area contributed by atoms with Crippen molar-refractivity contribution in [2.45, 2.75) is 10.9 Å². The highest BCUT2D eigenvalue weighted by Gasteiger charge is 2.39. The fourth-order valence-electron chi connectivity index (χ4n) is 3.47. The van der Waals surface area contributed by atoms with Crippen molar-refractivity contribution in [2.75, 3.05) is 18.6 Å². The molecule has 0 amide bonds. The molecule has 0 spiro atoms. The van der Waals surface area contributed by atoms with E-state index in [0.717, 1.165) is 30.0 Å². The molecule has 0 radical (unpaired) electrons. The van der Waals surface area contributed by atoms with Gasteiger partial charge in [0.1, 0.15) is 5.75 Å². The molecule has 4 rings (SSSR count). The number of hydrogen-bond donors (Lipinski definition) is 0. The number of anilines is 1. The third-order valence-corrected chi connectivity index (χ3v) is 5.93. The minimum Gasteiger partial charge on any atom is -0.497 e. The van der Waals surface area contributed by atoms with E-state index >= 15 is 0 Å². The van der Waals surface area contributed by atoms with E-state index in [1.807, 2.05) is 30.3 Å². The Kier molecular flexibility index (Phi) is 4.92. The topological polar surface area (TPSA) is 12.5 Å². The number of methoxy groups -OCH3 is 1. The van der Waals surface area contributed by atoms with Crippen LogP contribution in [0.3, 0.4) is 0 Å². The van der Waals surface area contributed by atoms with Crippen molar-refractivity contribution in [1.29, 1.82) is 0 Å². The third-order valence-electron chi connectivity index (χ3n) is 4.88. The van der Waals surface area contributed by atoms with Crippen LogP contribution in [0.2, 0.25) is 0 Å². The lowest BCUT2D eigenvalue weighted by atomic mass is 9.92. The number of ether oxygens (including phenoxy) is 1. The molecular weight excluding hydrogens is 398 g/mol. The van der Waals surface area contributed by atoms with Gasteiger partial charge in [-0.2, -0.15) is 0 Å². The van der Waals surface area contributed by atoms with E-state index in [4.69, 9.17) is 4.74 Å². The Morgan fingerprint density at radius 1 is 0.926 bits per heavy atom. The molecule has 3 aromatic carbocycles. The van der Waals surface area contributed by atoms with Gasteiger partial charge in [0.25, 0.3) is 0 Å². The summed E-state index contributed by atoms with van der Waals surface area (Å²) in [5, 5.41) is 0. The molecule has 27 heavy (non-hydrogen) atoms. The molecule has 0 bridgehead atoms. The first-order chi connectivity index (χ1) is 13.2. The molecule has 0 aliphatic carbocycles. The zero-order valence-corrected chi connectivity index (χ0v) is 16.7. The zero-order chi connectivity index (χ0) is 18.7. The van der Waals surface area contributed by atoms with Gasteiger partial charge in [-0.15, -0.1) is 0 Å². The van der Waals surface area contributed by atoms with Gasteiger partial charge in [-0.1, -0.05) is 54.3 Å². The molecule has 1 aliphatic heterocycles. The predicted octanol–water partition coefficient (Wildman–Crippen LogP) is 5.36. The summed E-state index contributed by atoms with van der Waals surface area (Å²) in [5.74, 6) is 7.70. The molecule has 2 nitrogen and oxygen atoms in total. The summed E-state index contributed by atoms with van der Waals surface area (Å²) >= 11 is 4.01. The van der Waals surface area contributed by atoms with Gasteiger partial charge in [-0.05, 0) is 64.3 Å². The molecule has 134 valence electrons. The lowest BCUT2D eigenvalue weighted by Crippen LogP contribution is -2.46. The maximum absolute atomic E-state index is 5.24. The van der Waals surface area contributed by atoms with Gasteiger partial charge < -0.3 is 9.64 Å². The number of nitrogens with zero attached hydrogens (tertiary/aromatic N) is 1. The van der Waals surface area contributed by atoms with Gasteiger partial charge in [0.2, 0.25) is 0 Å². The number of rotatable bonds is 2. The Bertz CT molecular complexity index is 988. The Hall–Kier alpha value is -2.70. The summed E-state index contributed by atoms with van der Waals surface area (Å²) in [5.41, 5.74) is 4.67. The van der Waals surface area contributed by atoms with E-state index in [2.05, 4.69) is 81.2 Å². The molecule has 0 aromatic heterocycles. The fourth-order valence-corrected chi connectivity index (χ4v) is 4.34. The van der Waals surface area contributed by atoms with Crippen LogP contribution in [0.5, 0.6) is 5.75 Å². The fraction of sp³-hybridized carbons (Fsp3) is 0.167. The SMILES string of the molecule is COc1ccc(C#CC2(Br)c3ccccc3CCN2c2ccccc2)cc1. The molecule has 3 heteroatoms. The number of fused-ring (bicyclic) bond motifs is 1. The maximum Gasteiger partial charge on any atom is 0.184 e. The first-order valence-electron chi connectivity index (χ1n) is 8.98. The lowest BCUT2D eigenvalue weighted by molar-refractivity contribution is 0.415. The summed E-state index contributed by atoms with van der Waals surface area (Å²) in [6.45, 7) is 0.906. The van der Waals surface area contributed by atoms with E-state index in [9.17, 15) is 0 Å². The van der Waals surface area contributed by atoms with Crippen LogP contribution in [0.1, 0.15) is 16.7 Å². The van der Waals surface area contributed by atoms with Crippen molar-refractivity contribution in [3.05, 3.63) is 95.6 Å². The minimum atomic E-state index is -0.566. The molecule has 1 aliphatic rings. The smallest absolute Gasteiger partial charge is 0.184 e. The van der Waals surface area contributed by atoms with Crippen molar-refractivity contribution >= 4 is 21.6 Å². The van der Waals surface area contributed by atoms with Crippen LogP contribution in [0.25, 0.3) is 0 Å². The second-order valence-electron chi connectivity index (χ2n) is 6.49. The number of benzene rings is 3. The van der Waals surface area contributed by atoms with Crippen molar-refractivity contribution in [2.24, 2.45) is 0 Å². The van der Waals surface area contributed by atoms with Crippen molar-refractivity contribution in [3.8, 4) is 17.6 Å². The van der Waals surface area contributed by atoms with E-state index in [1.54, 1.807) is 7.11 Å². The van der Waals surface area contributed by atoms with Crippen molar-refractivity contribution in [3.63, 3.8) is 0 Å². The van der Waals surface area contributed by atoms with Crippen LogP contribution in [0.4, 0.5) is 5.69 Å². The average molecular weight is 418 g/mol. The molecule has 3 aromatic rings. The van der Waals surface area contributed by atoms with Crippen LogP contribution >= 0.6 is 15.9 Å². The number of para-hydroxylation sites is 1. The highest BCUT2D eigenvalue weighted by atomic mass is 79.9. The first kappa shape index (κ1) is 17.7. The highest BCUT2D eigenvalue weighted by Crippen LogP contribution is 2.43. The summed E-state index contributed by atoms with van der Waals surface area (Å²) in [4.78, 5) is 2.34. The third kappa shape index (κ3) is 3.46.